The SMILES string of the molecule is CCCCN1CC(C(C)(C)C)CNC1C. The van der Waals surface area contributed by atoms with Gasteiger partial charge in [0.2, 0.25) is 0 Å². The highest BCUT2D eigenvalue weighted by Gasteiger charge is 2.31. The molecule has 0 aromatic carbocycles. The van der Waals surface area contributed by atoms with E-state index >= 15 is 0 Å². The van der Waals surface area contributed by atoms with Crippen LogP contribution in [0.3, 0.4) is 0 Å². The van der Waals surface area contributed by atoms with Crippen LogP contribution in [0.2, 0.25) is 0 Å². The summed E-state index contributed by atoms with van der Waals surface area (Å²) in [4.78, 5) is 2.60. The van der Waals surface area contributed by atoms with Gasteiger partial charge in [-0.05, 0) is 31.2 Å². The predicted octanol–water partition coefficient (Wildman–Crippen LogP) is 2.70. The highest BCUT2D eigenvalue weighted by Crippen LogP contribution is 2.28. The van der Waals surface area contributed by atoms with Crippen molar-refractivity contribution >= 4 is 0 Å². The molecule has 1 heterocycles. The van der Waals surface area contributed by atoms with E-state index in [-0.39, 0.29) is 0 Å². The van der Waals surface area contributed by atoms with Gasteiger partial charge in [-0.3, -0.25) is 4.90 Å². The molecule has 2 unspecified atom stereocenters. The van der Waals surface area contributed by atoms with Crippen LogP contribution in [0.4, 0.5) is 0 Å². The first-order valence-corrected chi connectivity index (χ1v) is 6.42. The summed E-state index contributed by atoms with van der Waals surface area (Å²) in [6.45, 7) is 15.3. The molecule has 1 saturated heterocycles. The van der Waals surface area contributed by atoms with Crippen LogP contribution in [-0.2, 0) is 0 Å². The molecule has 2 nitrogen and oxygen atoms in total. The fourth-order valence-corrected chi connectivity index (χ4v) is 2.17. The normalized spacial score (nSPS) is 29.4. The average molecular weight is 212 g/mol. The van der Waals surface area contributed by atoms with Gasteiger partial charge >= 0.3 is 0 Å². The molecule has 2 heteroatoms. The van der Waals surface area contributed by atoms with Gasteiger partial charge in [0.05, 0.1) is 6.17 Å². The van der Waals surface area contributed by atoms with Crippen LogP contribution in [-0.4, -0.2) is 30.7 Å². The molecule has 0 bridgehead atoms. The van der Waals surface area contributed by atoms with E-state index in [0.29, 0.717) is 11.6 Å². The Labute approximate surface area is 95.4 Å². The van der Waals surface area contributed by atoms with E-state index < -0.39 is 0 Å². The first kappa shape index (κ1) is 13.0. The molecule has 1 fully saturated rings. The van der Waals surface area contributed by atoms with Crippen molar-refractivity contribution in [2.75, 3.05) is 19.6 Å². The van der Waals surface area contributed by atoms with Gasteiger partial charge < -0.3 is 5.32 Å². The van der Waals surface area contributed by atoms with Crippen molar-refractivity contribution in [1.82, 2.24) is 10.2 Å². The van der Waals surface area contributed by atoms with Crippen LogP contribution in [0.15, 0.2) is 0 Å². The number of hydrogen-bond acceptors (Lipinski definition) is 2. The zero-order chi connectivity index (χ0) is 11.5. The molecule has 0 radical (unpaired) electrons. The van der Waals surface area contributed by atoms with E-state index in [1.165, 1.54) is 32.5 Å². The van der Waals surface area contributed by atoms with Gasteiger partial charge in [0.25, 0.3) is 0 Å². The molecule has 0 aromatic rings. The first-order chi connectivity index (χ1) is 6.95. The maximum Gasteiger partial charge on any atom is 0.0568 e. The van der Waals surface area contributed by atoms with Crippen molar-refractivity contribution in [2.45, 2.75) is 53.6 Å². The Hall–Kier alpha value is -0.0800. The lowest BCUT2D eigenvalue weighted by molar-refractivity contribution is 0.0554. The molecule has 0 saturated carbocycles. The van der Waals surface area contributed by atoms with Crippen molar-refractivity contribution in [3.8, 4) is 0 Å². The molecule has 90 valence electrons. The second-order valence-electron chi connectivity index (χ2n) is 6.00. The molecule has 15 heavy (non-hydrogen) atoms. The molecule has 1 aliphatic rings. The van der Waals surface area contributed by atoms with Gasteiger partial charge in [0.15, 0.2) is 0 Å². The van der Waals surface area contributed by atoms with Crippen LogP contribution < -0.4 is 5.32 Å². The third-order valence-electron chi connectivity index (χ3n) is 3.69. The number of nitrogens with one attached hydrogen (secondary N) is 1. The Morgan fingerprint density at radius 1 is 1.33 bits per heavy atom. The number of hydrogen-bond donors (Lipinski definition) is 1. The fraction of sp³-hybridized carbons (Fsp3) is 1.00. The molecule has 0 spiro atoms. The van der Waals surface area contributed by atoms with E-state index in [9.17, 15) is 0 Å². The summed E-state index contributed by atoms with van der Waals surface area (Å²) in [5, 5.41) is 3.62. The van der Waals surface area contributed by atoms with Gasteiger partial charge in [-0.25, -0.2) is 0 Å². The van der Waals surface area contributed by atoms with Crippen molar-refractivity contribution < 1.29 is 0 Å². The van der Waals surface area contributed by atoms with Gasteiger partial charge in [0, 0.05) is 13.1 Å². The van der Waals surface area contributed by atoms with Gasteiger partial charge in [-0.1, -0.05) is 34.1 Å². The van der Waals surface area contributed by atoms with Crippen LogP contribution in [0.1, 0.15) is 47.5 Å². The summed E-state index contributed by atoms with van der Waals surface area (Å²) in [5.74, 6) is 0.783. The lowest BCUT2D eigenvalue weighted by Crippen LogP contribution is -2.56. The zero-order valence-corrected chi connectivity index (χ0v) is 11.1. The smallest absolute Gasteiger partial charge is 0.0568 e. The Balaban J connectivity index is 2.48. The largest absolute Gasteiger partial charge is 0.302 e. The molecule has 1 rings (SSSR count). The van der Waals surface area contributed by atoms with E-state index in [1.54, 1.807) is 0 Å². The molecular weight excluding hydrogens is 184 g/mol. The second kappa shape index (κ2) is 5.31. The molecule has 1 aliphatic heterocycles. The maximum atomic E-state index is 3.62. The monoisotopic (exact) mass is 212 g/mol. The highest BCUT2D eigenvalue weighted by atomic mass is 15.3. The third-order valence-corrected chi connectivity index (χ3v) is 3.69. The van der Waals surface area contributed by atoms with Crippen LogP contribution in [0.25, 0.3) is 0 Å². The van der Waals surface area contributed by atoms with Crippen LogP contribution in [0.5, 0.6) is 0 Å². The third kappa shape index (κ3) is 3.76. The maximum absolute atomic E-state index is 3.62. The standard InChI is InChI=1S/C13H28N2/c1-6-7-8-15-10-12(13(3,4)5)9-14-11(15)2/h11-12,14H,6-10H2,1-5H3. The van der Waals surface area contributed by atoms with Gasteiger partial charge in [-0.2, -0.15) is 0 Å². The van der Waals surface area contributed by atoms with Crippen LogP contribution >= 0.6 is 0 Å². The lowest BCUT2D eigenvalue weighted by Gasteiger charge is -2.43. The summed E-state index contributed by atoms with van der Waals surface area (Å²) >= 11 is 0. The van der Waals surface area contributed by atoms with E-state index in [2.05, 4.69) is 44.8 Å². The van der Waals surface area contributed by atoms with Crippen molar-refractivity contribution in [3.05, 3.63) is 0 Å². The predicted molar refractivity (Wildman–Crippen MR) is 66.9 cm³/mol. The first-order valence-electron chi connectivity index (χ1n) is 6.42. The van der Waals surface area contributed by atoms with Crippen molar-refractivity contribution in [1.29, 1.82) is 0 Å². The van der Waals surface area contributed by atoms with Crippen molar-refractivity contribution in [2.24, 2.45) is 11.3 Å². The number of nitrogens with zero attached hydrogens (tertiary/aromatic N) is 1. The summed E-state index contributed by atoms with van der Waals surface area (Å²) in [7, 11) is 0. The molecule has 2 atom stereocenters. The average Bonchev–Trinajstić information content (AvgIpc) is 2.15. The van der Waals surface area contributed by atoms with E-state index in [4.69, 9.17) is 0 Å². The summed E-state index contributed by atoms with van der Waals surface area (Å²) in [6.07, 6.45) is 3.18. The number of unbranched alkanes of at least 4 members (excludes halogenated alkanes) is 1. The number of rotatable bonds is 3. The fourth-order valence-electron chi connectivity index (χ4n) is 2.17. The zero-order valence-electron chi connectivity index (χ0n) is 11.1. The Morgan fingerprint density at radius 3 is 2.53 bits per heavy atom. The quantitative estimate of drug-likeness (QED) is 0.774. The molecule has 0 aromatic heterocycles. The van der Waals surface area contributed by atoms with Gasteiger partial charge in [0.1, 0.15) is 0 Å². The molecule has 0 amide bonds. The summed E-state index contributed by atoms with van der Waals surface area (Å²) in [6, 6.07) is 0. The Morgan fingerprint density at radius 2 is 2.00 bits per heavy atom. The van der Waals surface area contributed by atoms with E-state index in [0.717, 1.165) is 5.92 Å². The van der Waals surface area contributed by atoms with E-state index in [1.807, 2.05) is 0 Å². The van der Waals surface area contributed by atoms with Gasteiger partial charge in [-0.15, -0.1) is 0 Å². The topological polar surface area (TPSA) is 15.3 Å². The Bertz CT molecular complexity index is 183. The lowest BCUT2D eigenvalue weighted by atomic mass is 9.79. The van der Waals surface area contributed by atoms with Crippen LogP contribution in [0, 0.1) is 11.3 Å². The van der Waals surface area contributed by atoms with Crippen molar-refractivity contribution in [3.63, 3.8) is 0 Å². The highest BCUT2D eigenvalue weighted by molar-refractivity contribution is 4.85. The summed E-state index contributed by atoms with van der Waals surface area (Å²) < 4.78 is 0. The minimum atomic E-state index is 0.428. The molecule has 1 N–H and O–H groups in total. The minimum Gasteiger partial charge on any atom is -0.302 e. The Kier molecular flexibility index (Phi) is 4.60. The molecule has 0 aliphatic carbocycles. The minimum absolute atomic E-state index is 0.428. The molecular formula is C13H28N2. The summed E-state index contributed by atoms with van der Waals surface area (Å²) in [5.41, 5.74) is 0.428. The second-order valence-corrected chi connectivity index (χ2v) is 6.00.